The molecule has 0 aromatic heterocycles. The highest BCUT2D eigenvalue weighted by molar-refractivity contribution is 5.80. The Morgan fingerprint density at radius 3 is 2.53 bits per heavy atom. The average molecular weight is 275 g/mol. The normalized spacial score (nSPS) is 15.8. The van der Waals surface area contributed by atoms with Crippen LogP contribution in [0.15, 0.2) is 0 Å². The van der Waals surface area contributed by atoms with Crippen molar-refractivity contribution in [1.82, 2.24) is 5.32 Å². The van der Waals surface area contributed by atoms with Crippen LogP contribution in [0.1, 0.15) is 40.5 Å². The Morgan fingerprint density at radius 1 is 1.32 bits per heavy atom. The van der Waals surface area contributed by atoms with Crippen molar-refractivity contribution in [3.05, 3.63) is 0 Å². The van der Waals surface area contributed by atoms with Gasteiger partial charge in [0.1, 0.15) is 5.54 Å². The fourth-order valence-corrected chi connectivity index (χ4v) is 1.94. The van der Waals surface area contributed by atoms with Crippen molar-refractivity contribution in [2.24, 2.45) is 0 Å². The molecule has 2 unspecified atom stereocenters. The van der Waals surface area contributed by atoms with Gasteiger partial charge in [0, 0.05) is 13.0 Å². The number of esters is 1. The standard InChI is InChI=1S/C14H29NO4/c1-6-8-15-14(4,13(16)17-5)11-12(3)19-10-9-18-7-2/h12,15H,6-11H2,1-5H3. The maximum absolute atomic E-state index is 11.9. The monoisotopic (exact) mass is 275 g/mol. The first-order chi connectivity index (χ1) is 9.00. The second-order valence-electron chi connectivity index (χ2n) is 4.83. The van der Waals surface area contributed by atoms with Crippen LogP contribution in [0.25, 0.3) is 0 Å². The Balaban J connectivity index is 4.26. The third-order valence-electron chi connectivity index (χ3n) is 2.93. The predicted molar refractivity (Wildman–Crippen MR) is 75.2 cm³/mol. The highest BCUT2D eigenvalue weighted by atomic mass is 16.5. The first-order valence-corrected chi connectivity index (χ1v) is 7.03. The summed E-state index contributed by atoms with van der Waals surface area (Å²) in [6, 6.07) is 0. The molecule has 5 heteroatoms. The van der Waals surface area contributed by atoms with Gasteiger partial charge in [-0.3, -0.25) is 4.79 Å². The lowest BCUT2D eigenvalue weighted by Gasteiger charge is -2.30. The second kappa shape index (κ2) is 10.2. The topological polar surface area (TPSA) is 56.8 Å². The molecule has 0 aliphatic heterocycles. The molecule has 114 valence electrons. The summed E-state index contributed by atoms with van der Waals surface area (Å²) in [5, 5.41) is 3.24. The Morgan fingerprint density at radius 2 is 2.00 bits per heavy atom. The molecule has 0 aliphatic carbocycles. The number of carbonyl (C=O) groups excluding carboxylic acids is 1. The van der Waals surface area contributed by atoms with E-state index >= 15 is 0 Å². The maximum Gasteiger partial charge on any atom is 0.325 e. The highest BCUT2D eigenvalue weighted by Crippen LogP contribution is 2.16. The van der Waals surface area contributed by atoms with Crippen molar-refractivity contribution in [3.63, 3.8) is 0 Å². The predicted octanol–water partition coefficient (Wildman–Crippen LogP) is 1.75. The van der Waals surface area contributed by atoms with Gasteiger partial charge in [-0.2, -0.15) is 0 Å². The summed E-state index contributed by atoms with van der Waals surface area (Å²) in [7, 11) is 1.41. The summed E-state index contributed by atoms with van der Waals surface area (Å²) < 4.78 is 15.7. The highest BCUT2D eigenvalue weighted by Gasteiger charge is 2.35. The van der Waals surface area contributed by atoms with Gasteiger partial charge < -0.3 is 19.5 Å². The van der Waals surface area contributed by atoms with Crippen LogP contribution in [0.3, 0.4) is 0 Å². The maximum atomic E-state index is 11.9. The largest absolute Gasteiger partial charge is 0.468 e. The smallest absolute Gasteiger partial charge is 0.325 e. The molecule has 0 fully saturated rings. The number of rotatable bonds is 11. The van der Waals surface area contributed by atoms with Crippen molar-refractivity contribution in [1.29, 1.82) is 0 Å². The van der Waals surface area contributed by atoms with Crippen LogP contribution in [0.4, 0.5) is 0 Å². The van der Waals surface area contributed by atoms with Gasteiger partial charge in [-0.1, -0.05) is 6.92 Å². The molecule has 5 nitrogen and oxygen atoms in total. The first kappa shape index (κ1) is 18.4. The zero-order chi connectivity index (χ0) is 14.7. The van der Waals surface area contributed by atoms with E-state index in [1.54, 1.807) is 0 Å². The number of carbonyl (C=O) groups is 1. The number of hydrogen-bond donors (Lipinski definition) is 1. The molecule has 0 heterocycles. The lowest BCUT2D eigenvalue weighted by molar-refractivity contribution is -0.149. The molecule has 0 saturated carbocycles. The van der Waals surface area contributed by atoms with Crippen LogP contribution in [0.5, 0.6) is 0 Å². The third-order valence-corrected chi connectivity index (χ3v) is 2.93. The Bertz CT molecular complexity index is 248. The van der Waals surface area contributed by atoms with Gasteiger partial charge in [-0.15, -0.1) is 0 Å². The van der Waals surface area contributed by atoms with E-state index in [-0.39, 0.29) is 12.1 Å². The van der Waals surface area contributed by atoms with Crippen molar-refractivity contribution in [3.8, 4) is 0 Å². The molecule has 0 aliphatic rings. The van der Waals surface area contributed by atoms with Crippen LogP contribution in [-0.4, -0.2) is 51.1 Å². The molecule has 0 spiro atoms. The zero-order valence-corrected chi connectivity index (χ0v) is 13.0. The van der Waals surface area contributed by atoms with Gasteiger partial charge in [0.2, 0.25) is 0 Å². The van der Waals surface area contributed by atoms with Gasteiger partial charge in [0.15, 0.2) is 0 Å². The fourth-order valence-electron chi connectivity index (χ4n) is 1.94. The number of methoxy groups -OCH3 is 1. The van der Waals surface area contributed by atoms with E-state index in [9.17, 15) is 4.79 Å². The van der Waals surface area contributed by atoms with Crippen LogP contribution in [0, 0.1) is 0 Å². The summed E-state index contributed by atoms with van der Waals surface area (Å²) in [5.74, 6) is -0.249. The first-order valence-electron chi connectivity index (χ1n) is 7.03. The lowest BCUT2D eigenvalue weighted by atomic mass is 9.94. The van der Waals surface area contributed by atoms with E-state index in [2.05, 4.69) is 12.2 Å². The molecule has 2 atom stereocenters. The van der Waals surface area contributed by atoms with Crippen LogP contribution in [0.2, 0.25) is 0 Å². The van der Waals surface area contributed by atoms with Crippen molar-refractivity contribution in [2.45, 2.75) is 52.2 Å². The van der Waals surface area contributed by atoms with E-state index < -0.39 is 5.54 Å². The molecule has 0 aromatic carbocycles. The number of ether oxygens (including phenoxy) is 3. The van der Waals surface area contributed by atoms with E-state index in [1.165, 1.54) is 7.11 Å². The van der Waals surface area contributed by atoms with Crippen molar-refractivity contribution in [2.75, 3.05) is 33.5 Å². The number of hydrogen-bond acceptors (Lipinski definition) is 5. The minimum Gasteiger partial charge on any atom is -0.468 e. The van der Waals surface area contributed by atoms with Crippen LogP contribution in [-0.2, 0) is 19.0 Å². The van der Waals surface area contributed by atoms with Crippen molar-refractivity contribution < 1.29 is 19.0 Å². The van der Waals surface area contributed by atoms with E-state index in [0.29, 0.717) is 26.2 Å². The van der Waals surface area contributed by atoms with E-state index in [4.69, 9.17) is 14.2 Å². The zero-order valence-electron chi connectivity index (χ0n) is 13.0. The number of nitrogens with one attached hydrogen (secondary N) is 1. The Hall–Kier alpha value is -0.650. The Labute approximate surface area is 117 Å². The summed E-state index contributed by atoms with van der Waals surface area (Å²) in [5.41, 5.74) is -0.699. The molecular weight excluding hydrogens is 246 g/mol. The molecule has 0 amide bonds. The van der Waals surface area contributed by atoms with Gasteiger partial charge in [-0.05, 0) is 33.7 Å². The van der Waals surface area contributed by atoms with E-state index in [0.717, 1.165) is 13.0 Å². The van der Waals surface area contributed by atoms with Gasteiger partial charge >= 0.3 is 5.97 Å². The molecule has 0 radical (unpaired) electrons. The van der Waals surface area contributed by atoms with Gasteiger partial charge in [-0.25, -0.2) is 0 Å². The van der Waals surface area contributed by atoms with Gasteiger partial charge in [0.05, 0.1) is 26.4 Å². The summed E-state index contributed by atoms with van der Waals surface area (Å²) in [6.07, 6.45) is 1.51. The molecule has 0 rings (SSSR count). The van der Waals surface area contributed by atoms with Gasteiger partial charge in [0.25, 0.3) is 0 Å². The van der Waals surface area contributed by atoms with E-state index in [1.807, 2.05) is 20.8 Å². The molecule has 0 bridgehead atoms. The summed E-state index contributed by atoms with van der Waals surface area (Å²) in [6.45, 7) is 10.4. The molecule has 1 N–H and O–H groups in total. The Kier molecular flexibility index (Phi) is 9.83. The second-order valence-corrected chi connectivity index (χ2v) is 4.83. The molecule has 19 heavy (non-hydrogen) atoms. The lowest BCUT2D eigenvalue weighted by Crippen LogP contribution is -2.52. The van der Waals surface area contributed by atoms with Crippen LogP contribution < -0.4 is 5.32 Å². The molecule has 0 aromatic rings. The minimum absolute atomic E-state index is 0.0334. The van der Waals surface area contributed by atoms with Crippen LogP contribution >= 0.6 is 0 Å². The van der Waals surface area contributed by atoms with Crippen molar-refractivity contribution >= 4 is 5.97 Å². The minimum atomic E-state index is -0.699. The quantitative estimate of drug-likeness (QED) is 0.460. The molecule has 0 saturated heterocycles. The SMILES string of the molecule is CCCNC(C)(CC(C)OCCOCC)C(=O)OC. The summed E-state index contributed by atoms with van der Waals surface area (Å²) >= 11 is 0. The molecular formula is C14H29NO4. The third kappa shape index (κ3) is 7.50. The summed E-state index contributed by atoms with van der Waals surface area (Å²) in [4.78, 5) is 11.9. The fraction of sp³-hybridized carbons (Fsp3) is 0.929. The average Bonchev–Trinajstić information content (AvgIpc) is 2.40.